The molecule has 0 spiro atoms. The van der Waals surface area contributed by atoms with Crippen LogP contribution in [0.1, 0.15) is 12.2 Å². The van der Waals surface area contributed by atoms with Gasteiger partial charge in [0.05, 0.1) is 25.3 Å². The minimum atomic E-state index is -1.05. The largest absolute Gasteiger partial charge is 0.481 e. The number of nitrogens with zero attached hydrogens (tertiary/aromatic N) is 2. The topological polar surface area (TPSA) is 100 Å². The molecular formula is C13H19N3O4. The molecule has 110 valence electrons. The van der Waals surface area contributed by atoms with E-state index in [9.17, 15) is 9.59 Å². The molecule has 7 heteroatoms. The lowest BCUT2D eigenvalue weighted by Crippen LogP contribution is -2.53. The molecule has 1 saturated heterocycles. The summed E-state index contributed by atoms with van der Waals surface area (Å²) in [6.07, 6.45) is 1.31. The molecule has 0 aromatic carbocycles. The van der Waals surface area contributed by atoms with Crippen molar-refractivity contribution in [1.82, 2.24) is 9.80 Å². The summed E-state index contributed by atoms with van der Waals surface area (Å²) in [6, 6.07) is 2.81. The maximum absolute atomic E-state index is 12.0. The average Bonchev–Trinajstić information content (AvgIpc) is 2.91. The fourth-order valence-electron chi connectivity index (χ4n) is 2.26. The van der Waals surface area contributed by atoms with Crippen molar-refractivity contribution < 1.29 is 19.1 Å². The summed E-state index contributed by atoms with van der Waals surface area (Å²) in [4.78, 5) is 26.3. The summed E-state index contributed by atoms with van der Waals surface area (Å²) in [5.41, 5.74) is 5.59. The van der Waals surface area contributed by atoms with Gasteiger partial charge in [0.1, 0.15) is 5.76 Å². The van der Waals surface area contributed by atoms with Gasteiger partial charge in [-0.25, -0.2) is 0 Å². The van der Waals surface area contributed by atoms with E-state index < -0.39 is 12.0 Å². The average molecular weight is 281 g/mol. The standard InChI is InChI=1S/C13H19N3O4/c14-11(8-12(17)18)13(19)16-5-3-15(4-6-16)9-10-2-1-7-20-10/h1-2,7,11H,3-6,8-9,14H2,(H,17,18). The molecule has 0 radical (unpaired) electrons. The maximum atomic E-state index is 12.0. The van der Waals surface area contributed by atoms with Gasteiger partial charge in [-0.3, -0.25) is 14.5 Å². The Labute approximate surface area is 116 Å². The summed E-state index contributed by atoms with van der Waals surface area (Å²) >= 11 is 0. The number of carboxylic acid groups (broad SMARTS) is 1. The molecule has 1 aliphatic heterocycles. The SMILES string of the molecule is NC(CC(=O)O)C(=O)N1CCN(Cc2ccco2)CC1. The van der Waals surface area contributed by atoms with Crippen molar-refractivity contribution in [1.29, 1.82) is 0 Å². The van der Waals surface area contributed by atoms with Crippen molar-refractivity contribution in [2.75, 3.05) is 26.2 Å². The number of aliphatic carboxylic acids is 1. The Bertz CT molecular complexity index is 452. The van der Waals surface area contributed by atoms with Crippen LogP contribution in [0.2, 0.25) is 0 Å². The molecule has 1 amide bonds. The van der Waals surface area contributed by atoms with E-state index in [0.717, 1.165) is 25.4 Å². The van der Waals surface area contributed by atoms with Crippen LogP contribution in [-0.2, 0) is 16.1 Å². The molecule has 1 aromatic rings. The van der Waals surface area contributed by atoms with Crippen molar-refractivity contribution in [3.8, 4) is 0 Å². The lowest BCUT2D eigenvalue weighted by atomic mass is 10.1. The smallest absolute Gasteiger partial charge is 0.305 e. The summed E-state index contributed by atoms with van der Waals surface area (Å²) in [5.74, 6) is -0.445. The van der Waals surface area contributed by atoms with E-state index in [2.05, 4.69) is 4.90 Å². The predicted molar refractivity (Wildman–Crippen MR) is 70.8 cm³/mol. The highest BCUT2D eigenvalue weighted by molar-refractivity contribution is 5.86. The number of carbonyl (C=O) groups excluding carboxylic acids is 1. The first kappa shape index (κ1) is 14.5. The van der Waals surface area contributed by atoms with Crippen LogP contribution in [0.4, 0.5) is 0 Å². The van der Waals surface area contributed by atoms with Crippen LogP contribution in [0.5, 0.6) is 0 Å². The Morgan fingerprint density at radius 1 is 1.35 bits per heavy atom. The van der Waals surface area contributed by atoms with Crippen molar-refractivity contribution in [3.05, 3.63) is 24.2 Å². The molecule has 1 unspecified atom stereocenters. The van der Waals surface area contributed by atoms with E-state index in [4.69, 9.17) is 15.3 Å². The van der Waals surface area contributed by atoms with Gasteiger partial charge in [0, 0.05) is 26.2 Å². The zero-order valence-corrected chi connectivity index (χ0v) is 11.2. The monoisotopic (exact) mass is 281 g/mol. The van der Waals surface area contributed by atoms with Gasteiger partial charge in [0.25, 0.3) is 0 Å². The number of piperazine rings is 1. The highest BCUT2D eigenvalue weighted by Gasteiger charge is 2.26. The fraction of sp³-hybridized carbons (Fsp3) is 0.538. The third-order valence-corrected chi connectivity index (χ3v) is 3.36. The van der Waals surface area contributed by atoms with Crippen molar-refractivity contribution in [2.45, 2.75) is 19.0 Å². The van der Waals surface area contributed by atoms with Crippen LogP contribution < -0.4 is 5.73 Å². The Morgan fingerprint density at radius 3 is 2.60 bits per heavy atom. The van der Waals surface area contributed by atoms with E-state index in [1.165, 1.54) is 0 Å². The van der Waals surface area contributed by atoms with E-state index in [-0.39, 0.29) is 12.3 Å². The van der Waals surface area contributed by atoms with Gasteiger partial charge >= 0.3 is 5.97 Å². The molecule has 3 N–H and O–H groups in total. The third-order valence-electron chi connectivity index (χ3n) is 3.36. The number of hydrogen-bond donors (Lipinski definition) is 2. The zero-order valence-electron chi connectivity index (χ0n) is 11.2. The first-order chi connectivity index (χ1) is 9.56. The van der Waals surface area contributed by atoms with Gasteiger partial charge < -0.3 is 20.2 Å². The summed E-state index contributed by atoms with van der Waals surface area (Å²) in [5, 5.41) is 8.65. The Hall–Kier alpha value is -1.86. The van der Waals surface area contributed by atoms with Crippen molar-refractivity contribution in [2.24, 2.45) is 5.73 Å². The second-order valence-corrected chi connectivity index (χ2v) is 4.89. The zero-order chi connectivity index (χ0) is 14.5. The lowest BCUT2D eigenvalue weighted by Gasteiger charge is -2.35. The molecule has 0 saturated carbocycles. The summed E-state index contributed by atoms with van der Waals surface area (Å²) in [7, 11) is 0. The molecule has 0 bridgehead atoms. The number of furan rings is 1. The fourth-order valence-corrected chi connectivity index (χ4v) is 2.26. The van der Waals surface area contributed by atoms with Gasteiger partial charge in [-0.2, -0.15) is 0 Å². The first-order valence-electron chi connectivity index (χ1n) is 6.57. The van der Waals surface area contributed by atoms with Gasteiger partial charge in [-0.1, -0.05) is 0 Å². The molecule has 1 aliphatic rings. The van der Waals surface area contributed by atoms with Gasteiger partial charge in [-0.15, -0.1) is 0 Å². The van der Waals surface area contributed by atoms with E-state index in [0.29, 0.717) is 13.1 Å². The molecule has 1 atom stereocenters. The lowest BCUT2D eigenvalue weighted by molar-refractivity contribution is -0.142. The van der Waals surface area contributed by atoms with Crippen molar-refractivity contribution in [3.63, 3.8) is 0 Å². The van der Waals surface area contributed by atoms with Crippen LogP contribution in [0.25, 0.3) is 0 Å². The molecule has 2 heterocycles. The second-order valence-electron chi connectivity index (χ2n) is 4.89. The van der Waals surface area contributed by atoms with Crippen LogP contribution in [0, 0.1) is 0 Å². The van der Waals surface area contributed by atoms with Crippen LogP contribution in [-0.4, -0.2) is 59.0 Å². The molecule has 0 aliphatic carbocycles. The molecule has 7 nitrogen and oxygen atoms in total. The number of amides is 1. The minimum absolute atomic E-state index is 0.287. The quantitative estimate of drug-likeness (QED) is 0.770. The highest BCUT2D eigenvalue weighted by Crippen LogP contribution is 2.10. The van der Waals surface area contributed by atoms with Crippen LogP contribution in [0.3, 0.4) is 0 Å². The molecule has 1 aromatic heterocycles. The first-order valence-corrected chi connectivity index (χ1v) is 6.57. The van der Waals surface area contributed by atoms with E-state index in [1.54, 1.807) is 11.2 Å². The van der Waals surface area contributed by atoms with Gasteiger partial charge in [-0.05, 0) is 12.1 Å². The van der Waals surface area contributed by atoms with E-state index >= 15 is 0 Å². The summed E-state index contributed by atoms with van der Waals surface area (Å²) < 4.78 is 5.29. The van der Waals surface area contributed by atoms with E-state index in [1.807, 2.05) is 12.1 Å². The molecular weight excluding hydrogens is 262 g/mol. The van der Waals surface area contributed by atoms with Gasteiger partial charge in [0.15, 0.2) is 0 Å². The minimum Gasteiger partial charge on any atom is -0.481 e. The number of nitrogens with two attached hydrogens (primary N) is 1. The maximum Gasteiger partial charge on any atom is 0.305 e. The molecule has 20 heavy (non-hydrogen) atoms. The van der Waals surface area contributed by atoms with Crippen LogP contribution >= 0.6 is 0 Å². The predicted octanol–water partition coefficient (Wildman–Crippen LogP) is -0.274. The number of carboxylic acids is 1. The highest BCUT2D eigenvalue weighted by atomic mass is 16.4. The Kier molecular flexibility index (Phi) is 4.75. The summed E-state index contributed by atoms with van der Waals surface area (Å²) in [6.45, 7) is 3.30. The third kappa shape index (κ3) is 3.82. The number of hydrogen-bond acceptors (Lipinski definition) is 5. The van der Waals surface area contributed by atoms with Gasteiger partial charge in [0.2, 0.25) is 5.91 Å². The second kappa shape index (κ2) is 6.53. The number of rotatable bonds is 5. The molecule has 2 rings (SSSR count). The van der Waals surface area contributed by atoms with Crippen LogP contribution in [0.15, 0.2) is 22.8 Å². The normalized spacial score (nSPS) is 17.9. The Balaban J connectivity index is 1.78. The Morgan fingerprint density at radius 2 is 2.05 bits per heavy atom. The molecule has 1 fully saturated rings. The van der Waals surface area contributed by atoms with Crippen molar-refractivity contribution >= 4 is 11.9 Å². The number of carbonyl (C=O) groups is 2.